The molecule has 0 saturated carbocycles. The van der Waals surface area contributed by atoms with E-state index in [0.29, 0.717) is 48.1 Å². The second-order valence-corrected chi connectivity index (χ2v) is 8.52. The topological polar surface area (TPSA) is 49.4 Å². The number of carbonyl (C=O) groups is 2. The fourth-order valence-electron chi connectivity index (χ4n) is 3.42. The summed E-state index contributed by atoms with van der Waals surface area (Å²) in [7, 11) is 0. The molecule has 3 aromatic rings. The molecule has 3 aromatic carbocycles. The Morgan fingerprint density at radius 2 is 1.56 bits per heavy atom. The third-order valence-electron chi connectivity index (χ3n) is 5.18. The zero-order valence-electron chi connectivity index (χ0n) is 18.0. The molecule has 1 N–H and O–H groups in total. The van der Waals surface area contributed by atoms with Crippen LogP contribution in [0.3, 0.4) is 0 Å². The number of halogens is 2. The van der Waals surface area contributed by atoms with Gasteiger partial charge in [0.15, 0.2) is 0 Å². The first-order valence-corrected chi connectivity index (χ1v) is 11.3. The first-order chi connectivity index (χ1) is 15.4. The maximum atomic E-state index is 13.3. The molecule has 0 fully saturated rings. The van der Waals surface area contributed by atoms with E-state index in [9.17, 15) is 9.59 Å². The lowest BCUT2D eigenvalue weighted by Gasteiger charge is -2.24. The van der Waals surface area contributed by atoms with Gasteiger partial charge in [-0.25, -0.2) is 0 Å². The Kier molecular flexibility index (Phi) is 8.72. The minimum absolute atomic E-state index is 0.0465. The molecule has 0 atom stereocenters. The molecule has 0 radical (unpaired) electrons. The summed E-state index contributed by atoms with van der Waals surface area (Å²) in [6.45, 7) is 3.12. The van der Waals surface area contributed by atoms with E-state index in [-0.39, 0.29) is 11.8 Å². The van der Waals surface area contributed by atoms with E-state index in [0.717, 1.165) is 16.7 Å². The van der Waals surface area contributed by atoms with Gasteiger partial charge in [-0.05, 0) is 60.4 Å². The van der Waals surface area contributed by atoms with Gasteiger partial charge in [0, 0.05) is 41.7 Å². The first kappa shape index (κ1) is 23.8. The smallest absolute Gasteiger partial charge is 0.254 e. The predicted molar refractivity (Wildman–Crippen MR) is 130 cm³/mol. The van der Waals surface area contributed by atoms with Crippen molar-refractivity contribution < 1.29 is 9.59 Å². The van der Waals surface area contributed by atoms with Gasteiger partial charge in [-0.2, -0.15) is 0 Å². The van der Waals surface area contributed by atoms with Gasteiger partial charge in [-0.15, -0.1) is 0 Å². The van der Waals surface area contributed by atoms with Crippen molar-refractivity contribution in [2.45, 2.75) is 26.3 Å². The summed E-state index contributed by atoms with van der Waals surface area (Å²) >= 11 is 12.0. The number of hydrogen-bond acceptors (Lipinski definition) is 2. The van der Waals surface area contributed by atoms with Crippen LogP contribution < -0.4 is 5.32 Å². The molecule has 0 aliphatic heterocycles. The van der Waals surface area contributed by atoms with Gasteiger partial charge in [0.1, 0.15) is 0 Å². The minimum atomic E-state index is -0.0848. The molecule has 0 aliphatic rings. The van der Waals surface area contributed by atoms with Crippen LogP contribution in [0.1, 0.15) is 33.5 Å². The highest BCUT2D eigenvalue weighted by atomic mass is 35.5. The molecule has 4 nitrogen and oxygen atoms in total. The molecule has 166 valence electrons. The number of benzene rings is 3. The molecule has 0 bridgehead atoms. The fourth-order valence-corrected chi connectivity index (χ4v) is 3.77. The van der Waals surface area contributed by atoms with Crippen molar-refractivity contribution in [3.8, 4) is 0 Å². The zero-order valence-corrected chi connectivity index (χ0v) is 19.5. The van der Waals surface area contributed by atoms with E-state index in [4.69, 9.17) is 23.2 Å². The molecular formula is C26H26Cl2N2O2. The summed E-state index contributed by atoms with van der Waals surface area (Å²) in [6.07, 6.45) is 1.02. The summed E-state index contributed by atoms with van der Waals surface area (Å²) in [5.41, 5.74) is 3.53. The van der Waals surface area contributed by atoms with Gasteiger partial charge < -0.3 is 10.2 Å². The number of hydrogen-bond donors (Lipinski definition) is 1. The van der Waals surface area contributed by atoms with Crippen LogP contribution in [-0.4, -0.2) is 29.8 Å². The van der Waals surface area contributed by atoms with Crippen LogP contribution in [0.4, 0.5) is 0 Å². The molecule has 0 aromatic heterocycles. The lowest BCUT2D eigenvalue weighted by Crippen LogP contribution is -2.38. The van der Waals surface area contributed by atoms with Gasteiger partial charge in [0.05, 0.1) is 0 Å². The third-order valence-corrected chi connectivity index (χ3v) is 5.67. The lowest BCUT2D eigenvalue weighted by molar-refractivity contribution is -0.121. The van der Waals surface area contributed by atoms with Crippen molar-refractivity contribution in [3.63, 3.8) is 0 Å². The summed E-state index contributed by atoms with van der Waals surface area (Å²) in [5, 5.41) is 4.21. The highest BCUT2D eigenvalue weighted by Gasteiger charge is 2.18. The third kappa shape index (κ3) is 7.11. The van der Waals surface area contributed by atoms with E-state index < -0.39 is 0 Å². The van der Waals surface area contributed by atoms with Gasteiger partial charge in [-0.3, -0.25) is 9.59 Å². The van der Waals surface area contributed by atoms with Crippen LogP contribution >= 0.6 is 23.2 Å². The fraction of sp³-hybridized carbons (Fsp3) is 0.231. The van der Waals surface area contributed by atoms with Crippen LogP contribution in [0, 0.1) is 6.92 Å². The van der Waals surface area contributed by atoms with Crippen molar-refractivity contribution in [2.75, 3.05) is 13.1 Å². The summed E-state index contributed by atoms with van der Waals surface area (Å²) in [4.78, 5) is 27.3. The lowest BCUT2D eigenvalue weighted by atomic mass is 10.1. The van der Waals surface area contributed by atoms with Crippen molar-refractivity contribution in [3.05, 3.63) is 105 Å². The maximum Gasteiger partial charge on any atom is 0.254 e. The molecule has 6 heteroatoms. The van der Waals surface area contributed by atoms with Crippen LogP contribution in [0.15, 0.2) is 72.8 Å². The van der Waals surface area contributed by atoms with Crippen molar-refractivity contribution in [2.24, 2.45) is 0 Å². The Bertz CT molecular complexity index is 1050. The van der Waals surface area contributed by atoms with Gasteiger partial charge in [-0.1, -0.05) is 65.7 Å². The molecule has 2 amide bonds. The molecule has 0 aliphatic carbocycles. The average molecular weight is 469 g/mol. The number of nitrogens with zero attached hydrogens (tertiary/aromatic N) is 1. The Morgan fingerprint density at radius 1 is 0.875 bits per heavy atom. The number of aryl methyl sites for hydroxylation is 2. The Morgan fingerprint density at radius 3 is 2.25 bits per heavy atom. The number of carbonyl (C=O) groups excluding carboxylic acids is 2. The summed E-state index contributed by atoms with van der Waals surface area (Å²) in [5.74, 6) is -0.131. The van der Waals surface area contributed by atoms with Gasteiger partial charge in [0.2, 0.25) is 5.91 Å². The highest BCUT2D eigenvalue weighted by molar-refractivity contribution is 6.31. The van der Waals surface area contributed by atoms with Crippen LogP contribution in [0.25, 0.3) is 0 Å². The molecular weight excluding hydrogens is 443 g/mol. The summed E-state index contributed by atoms with van der Waals surface area (Å²) < 4.78 is 0. The molecule has 0 unspecified atom stereocenters. The van der Waals surface area contributed by atoms with E-state index in [1.807, 2.05) is 61.5 Å². The average Bonchev–Trinajstić information content (AvgIpc) is 2.78. The number of rotatable bonds is 9. The molecule has 0 heterocycles. The molecule has 32 heavy (non-hydrogen) atoms. The monoisotopic (exact) mass is 468 g/mol. The summed E-state index contributed by atoms with van der Waals surface area (Å²) in [6, 6.07) is 22.6. The highest BCUT2D eigenvalue weighted by Crippen LogP contribution is 2.18. The normalized spacial score (nSPS) is 10.6. The van der Waals surface area contributed by atoms with Crippen molar-refractivity contribution in [1.29, 1.82) is 0 Å². The minimum Gasteiger partial charge on any atom is -0.354 e. The quantitative estimate of drug-likeness (QED) is 0.438. The standard InChI is InChI=1S/C26H26Cl2N2O2/c1-19-17-23(28)12-13-24(19)26(32)30(18-21-5-3-2-4-6-21)16-15-29-25(31)14-9-20-7-10-22(27)11-8-20/h2-8,10-13,17H,9,14-16,18H2,1H3,(H,29,31). The van der Waals surface area contributed by atoms with E-state index in [2.05, 4.69) is 5.32 Å². The van der Waals surface area contributed by atoms with E-state index in [1.54, 1.807) is 23.1 Å². The van der Waals surface area contributed by atoms with Crippen molar-refractivity contribution >= 4 is 35.0 Å². The maximum absolute atomic E-state index is 13.3. The Hall–Kier alpha value is -2.82. The number of nitrogens with one attached hydrogen (secondary N) is 1. The Labute approximate surface area is 199 Å². The molecule has 3 rings (SSSR count). The van der Waals surface area contributed by atoms with Crippen LogP contribution in [-0.2, 0) is 17.8 Å². The number of amides is 2. The van der Waals surface area contributed by atoms with Crippen LogP contribution in [0.5, 0.6) is 0 Å². The molecule has 0 spiro atoms. The largest absolute Gasteiger partial charge is 0.354 e. The Balaban J connectivity index is 1.60. The SMILES string of the molecule is Cc1cc(Cl)ccc1C(=O)N(CCNC(=O)CCc1ccc(Cl)cc1)Cc1ccccc1. The van der Waals surface area contributed by atoms with Crippen LogP contribution in [0.2, 0.25) is 10.0 Å². The second-order valence-electron chi connectivity index (χ2n) is 7.65. The van der Waals surface area contributed by atoms with Crippen molar-refractivity contribution in [1.82, 2.24) is 10.2 Å². The van der Waals surface area contributed by atoms with E-state index >= 15 is 0 Å². The van der Waals surface area contributed by atoms with Gasteiger partial charge in [0.25, 0.3) is 5.91 Å². The molecule has 0 saturated heterocycles. The second kappa shape index (κ2) is 11.7. The van der Waals surface area contributed by atoms with E-state index in [1.165, 1.54) is 0 Å². The zero-order chi connectivity index (χ0) is 22.9. The predicted octanol–water partition coefficient (Wildman–Crippen LogP) is 5.69. The first-order valence-electron chi connectivity index (χ1n) is 10.5. The van der Waals surface area contributed by atoms with Gasteiger partial charge >= 0.3 is 0 Å².